The van der Waals surface area contributed by atoms with Gasteiger partial charge in [0.15, 0.2) is 11.5 Å². The van der Waals surface area contributed by atoms with E-state index in [9.17, 15) is 18.0 Å². The zero-order valence-corrected chi connectivity index (χ0v) is 18.3. The standard InChI is InChI=1S/C21H25N3O6S/c1-13(16-4-9-19-20(12-16)30-11-10-29-19)22-21(26)14(2)24-31(27,28)18-7-5-17(6-8-18)23-15(3)25/h4-9,12-14,24H,10-11H2,1-3H3,(H,22,26)(H,23,25)/t13-,14+/m0/s1. The van der Waals surface area contributed by atoms with E-state index in [4.69, 9.17) is 9.47 Å². The number of sulfonamides is 1. The molecule has 9 nitrogen and oxygen atoms in total. The Morgan fingerprint density at radius 1 is 0.968 bits per heavy atom. The van der Waals surface area contributed by atoms with Crippen molar-refractivity contribution in [1.82, 2.24) is 10.0 Å². The van der Waals surface area contributed by atoms with Crippen LogP contribution in [0.4, 0.5) is 5.69 Å². The van der Waals surface area contributed by atoms with Crippen LogP contribution in [0.3, 0.4) is 0 Å². The van der Waals surface area contributed by atoms with Crippen LogP contribution in [-0.2, 0) is 19.6 Å². The van der Waals surface area contributed by atoms with E-state index >= 15 is 0 Å². The second-order valence-electron chi connectivity index (χ2n) is 7.18. The third kappa shape index (κ3) is 5.74. The number of anilines is 1. The zero-order chi connectivity index (χ0) is 22.6. The largest absolute Gasteiger partial charge is 0.486 e. The number of amides is 2. The molecule has 2 aromatic rings. The Balaban J connectivity index is 1.62. The third-order valence-electron chi connectivity index (χ3n) is 4.64. The van der Waals surface area contributed by atoms with Crippen molar-refractivity contribution in [1.29, 1.82) is 0 Å². The van der Waals surface area contributed by atoms with Gasteiger partial charge in [-0.15, -0.1) is 0 Å². The molecule has 31 heavy (non-hydrogen) atoms. The lowest BCUT2D eigenvalue weighted by Gasteiger charge is -2.22. The van der Waals surface area contributed by atoms with Crippen molar-refractivity contribution in [3.63, 3.8) is 0 Å². The first-order valence-corrected chi connectivity index (χ1v) is 11.2. The molecule has 2 amide bonds. The van der Waals surface area contributed by atoms with Crippen molar-refractivity contribution in [2.75, 3.05) is 18.5 Å². The number of fused-ring (bicyclic) bond motifs is 1. The van der Waals surface area contributed by atoms with Gasteiger partial charge < -0.3 is 20.1 Å². The van der Waals surface area contributed by atoms with Crippen LogP contribution < -0.4 is 24.8 Å². The first-order valence-electron chi connectivity index (χ1n) is 9.75. The van der Waals surface area contributed by atoms with E-state index in [-0.39, 0.29) is 16.8 Å². The van der Waals surface area contributed by atoms with Crippen molar-refractivity contribution < 1.29 is 27.5 Å². The van der Waals surface area contributed by atoms with E-state index in [1.807, 2.05) is 6.07 Å². The number of hydrogen-bond acceptors (Lipinski definition) is 6. The van der Waals surface area contributed by atoms with E-state index in [2.05, 4.69) is 15.4 Å². The minimum absolute atomic E-state index is 0.0128. The van der Waals surface area contributed by atoms with Crippen LogP contribution in [0.5, 0.6) is 11.5 Å². The number of ether oxygens (including phenoxy) is 2. The van der Waals surface area contributed by atoms with Gasteiger partial charge in [0, 0.05) is 12.6 Å². The van der Waals surface area contributed by atoms with Gasteiger partial charge in [0.25, 0.3) is 0 Å². The minimum Gasteiger partial charge on any atom is -0.486 e. The second kappa shape index (κ2) is 9.36. The summed E-state index contributed by atoms with van der Waals surface area (Å²) in [6.07, 6.45) is 0. The number of carbonyl (C=O) groups excluding carboxylic acids is 2. The SMILES string of the molecule is CC(=O)Nc1ccc(S(=O)(=O)N[C@H](C)C(=O)N[C@@H](C)c2ccc3c(c2)OCCO3)cc1. The fourth-order valence-corrected chi connectivity index (χ4v) is 4.23. The van der Waals surface area contributed by atoms with Gasteiger partial charge in [-0.05, 0) is 55.8 Å². The van der Waals surface area contributed by atoms with Gasteiger partial charge >= 0.3 is 0 Å². The highest BCUT2D eigenvalue weighted by atomic mass is 32.2. The summed E-state index contributed by atoms with van der Waals surface area (Å²) in [7, 11) is -3.92. The molecule has 0 radical (unpaired) electrons. The summed E-state index contributed by atoms with van der Waals surface area (Å²) >= 11 is 0. The lowest BCUT2D eigenvalue weighted by Crippen LogP contribution is -2.45. The van der Waals surface area contributed by atoms with Gasteiger partial charge in [0.2, 0.25) is 21.8 Å². The van der Waals surface area contributed by atoms with Gasteiger partial charge in [-0.3, -0.25) is 9.59 Å². The van der Waals surface area contributed by atoms with Crippen molar-refractivity contribution in [3.8, 4) is 11.5 Å². The molecule has 0 aliphatic carbocycles. The Morgan fingerprint density at radius 3 is 2.26 bits per heavy atom. The lowest BCUT2D eigenvalue weighted by atomic mass is 10.1. The fraction of sp³-hybridized carbons (Fsp3) is 0.333. The Morgan fingerprint density at radius 2 is 1.61 bits per heavy atom. The average Bonchev–Trinajstić information content (AvgIpc) is 2.73. The number of nitrogens with one attached hydrogen (secondary N) is 3. The van der Waals surface area contributed by atoms with Gasteiger partial charge in [-0.1, -0.05) is 6.07 Å². The molecule has 0 aromatic heterocycles. The molecular formula is C21H25N3O6S. The molecule has 0 bridgehead atoms. The first-order chi connectivity index (χ1) is 14.7. The molecule has 0 fully saturated rings. The number of benzene rings is 2. The van der Waals surface area contributed by atoms with Gasteiger partial charge in [-0.2, -0.15) is 4.72 Å². The van der Waals surface area contributed by atoms with E-state index in [1.54, 1.807) is 19.1 Å². The molecule has 2 aromatic carbocycles. The van der Waals surface area contributed by atoms with Crippen LogP contribution in [0.25, 0.3) is 0 Å². The first kappa shape index (κ1) is 22.6. The summed E-state index contributed by atoms with van der Waals surface area (Å²) in [6.45, 7) is 5.58. The van der Waals surface area contributed by atoms with Crippen LogP contribution >= 0.6 is 0 Å². The molecule has 1 heterocycles. The Kier molecular flexibility index (Phi) is 6.81. The molecule has 3 N–H and O–H groups in total. The normalized spacial score (nSPS) is 14.9. The molecule has 1 aliphatic heterocycles. The maximum absolute atomic E-state index is 12.6. The molecule has 166 valence electrons. The molecule has 0 saturated carbocycles. The van der Waals surface area contributed by atoms with Gasteiger partial charge in [0.1, 0.15) is 13.2 Å². The number of carbonyl (C=O) groups is 2. The third-order valence-corrected chi connectivity index (χ3v) is 6.19. The van der Waals surface area contributed by atoms with Crippen LogP contribution in [-0.4, -0.2) is 39.5 Å². The van der Waals surface area contributed by atoms with Crippen molar-refractivity contribution in [2.24, 2.45) is 0 Å². The summed E-state index contributed by atoms with van der Waals surface area (Å²) in [5.74, 6) is 0.535. The summed E-state index contributed by atoms with van der Waals surface area (Å²) in [6, 6.07) is 9.70. The summed E-state index contributed by atoms with van der Waals surface area (Å²) in [5, 5.41) is 5.36. The van der Waals surface area contributed by atoms with Crippen LogP contribution in [0, 0.1) is 0 Å². The maximum Gasteiger partial charge on any atom is 0.241 e. The monoisotopic (exact) mass is 447 g/mol. The summed E-state index contributed by atoms with van der Waals surface area (Å²) in [5.41, 5.74) is 1.28. The predicted molar refractivity (Wildman–Crippen MR) is 115 cm³/mol. The number of rotatable bonds is 7. The molecule has 10 heteroatoms. The Hall–Kier alpha value is -3.11. The highest BCUT2D eigenvalue weighted by Crippen LogP contribution is 2.32. The fourth-order valence-electron chi connectivity index (χ4n) is 3.03. The van der Waals surface area contributed by atoms with E-state index < -0.39 is 22.0 Å². The number of hydrogen-bond donors (Lipinski definition) is 3. The molecule has 0 saturated heterocycles. The average molecular weight is 448 g/mol. The van der Waals surface area contributed by atoms with E-state index in [0.717, 1.165) is 5.56 Å². The van der Waals surface area contributed by atoms with Gasteiger partial charge in [-0.25, -0.2) is 8.42 Å². The van der Waals surface area contributed by atoms with Crippen molar-refractivity contribution >= 4 is 27.5 Å². The zero-order valence-electron chi connectivity index (χ0n) is 17.5. The topological polar surface area (TPSA) is 123 Å². The van der Waals surface area contributed by atoms with Crippen molar-refractivity contribution in [3.05, 3.63) is 48.0 Å². The molecular weight excluding hydrogens is 422 g/mol. The molecule has 0 spiro atoms. The summed E-state index contributed by atoms with van der Waals surface area (Å²) < 4.78 is 38.6. The molecule has 2 atom stereocenters. The minimum atomic E-state index is -3.92. The summed E-state index contributed by atoms with van der Waals surface area (Å²) in [4.78, 5) is 23.6. The van der Waals surface area contributed by atoms with Crippen molar-refractivity contribution in [2.45, 2.75) is 37.8 Å². The Bertz CT molecular complexity index is 1070. The molecule has 0 unspecified atom stereocenters. The quantitative estimate of drug-likeness (QED) is 0.596. The van der Waals surface area contributed by atoms with Crippen LogP contribution in [0.2, 0.25) is 0 Å². The maximum atomic E-state index is 12.6. The second-order valence-corrected chi connectivity index (χ2v) is 8.90. The van der Waals surface area contributed by atoms with Gasteiger partial charge in [0.05, 0.1) is 17.0 Å². The van der Waals surface area contributed by atoms with E-state index in [0.29, 0.717) is 30.4 Å². The Labute approximate surface area is 181 Å². The highest BCUT2D eigenvalue weighted by molar-refractivity contribution is 7.89. The van der Waals surface area contributed by atoms with Crippen LogP contribution in [0.15, 0.2) is 47.4 Å². The molecule has 3 rings (SSSR count). The predicted octanol–water partition coefficient (Wildman–Crippen LogP) is 1.96. The van der Waals surface area contributed by atoms with E-state index in [1.165, 1.54) is 38.1 Å². The highest BCUT2D eigenvalue weighted by Gasteiger charge is 2.24. The van der Waals surface area contributed by atoms with Crippen LogP contribution in [0.1, 0.15) is 32.4 Å². The smallest absolute Gasteiger partial charge is 0.241 e. The lowest BCUT2D eigenvalue weighted by molar-refractivity contribution is -0.123. The molecule has 1 aliphatic rings.